The van der Waals surface area contributed by atoms with Crippen molar-refractivity contribution >= 4 is 16.9 Å². The van der Waals surface area contributed by atoms with Gasteiger partial charge in [-0.25, -0.2) is 0 Å². The summed E-state index contributed by atoms with van der Waals surface area (Å²) in [6, 6.07) is 16.4. The first-order valence-corrected chi connectivity index (χ1v) is 10.3. The molecule has 2 heterocycles. The van der Waals surface area contributed by atoms with Gasteiger partial charge in [0.25, 0.3) is 5.91 Å². The minimum absolute atomic E-state index is 0.0360. The van der Waals surface area contributed by atoms with Crippen LogP contribution in [0.1, 0.15) is 34.2 Å². The van der Waals surface area contributed by atoms with Crippen LogP contribution in [0.4, 0.5) is 0 Å². The minimum Gasteiger partial charge on any atom is -0.451 e. The second-order valence-corrected chi connectivity index (χ2v) is 7.60. The monoisotopic (exact) mass is 392 g/mol. The van der Waals surface area contributed by atoms with Crippen molar-refractivity contribution in [3.63, 3.8) is 0 Å². The number of carbonyl (C=O) groups is 1. The van der Waals surface area contributed by atoms with Crippen molar-refractivity contribution in [2.75, 3.05) is 32.8 Å². The fourth-order valence-corrected chi connectivity index (χ4v) is 3.94. The van der Waals surface area contributed by atoms with Crippen molar-refractivity contribution in [2.45, 2.75) is 27.0 Å². The Labute approximate surface area is 171 Å². The molecule has 0 saturated carbocycles. The van der Waals surface area contributed by atoms with Crippen LogP contribution in [0.25, 0.3) is 11.0 Å². The van der Waals surface area contributed by atoms with Crippen LogP contribution in [0.15, 0.2) is 52.9 Å². The molecule has 29 heavy (non-hydrogen) atoms. The van der Waals surface area contributed by atoms with Crippen molar-refractivity contribution in [3.05, 3.63) is 71.0 Å². The molecule has 1 aliphatic heterocycles. The number of fused-ring (bicyclic) bond motifs is 1. The van der Waals surface area contributed by atoms with Gasteiger partial charge in [0.1, 0.15) is 5.58 Å². The maximum absolute atomic E-state index is 13.2. The summed E-state index contributed by atoms with van der Waals surface area (Å²) in [5.41, 5.74) is 4.20. The Hall–Kier alpha value is -2.63. The molecule has 1 fully saturated rings. The van der Waals surface area contributed by atoms with Crippen LogP contribution >= 0.6 is 0 Å². The molecular weight excluding hydrogens is 364 g/mol. The summed E-state index contributed by atoms with van der Waals surface area (Å²) in [5.74, 6) is 0.387. The molecule has 0 N–H and O–H groups in total. The number of carbonyl (C=O) groups excluding carboxylic acids is 1. The first-order valence-electron chi connectivity index (χ1n) is 10.3. The molecule has 3 aromatic rings. The molecule has 152 valence electrons. The lowest BCUT2D eigenvalue weighted by atomic mass is 10.1. The van der Waals surface area contributed by atoms with Crippen LogP contribution in [0.3, 0.4) is 0 Å². The maximum atomic E-state index is 13.2. The van der Waals surface area contributed by atoms with Gasteiger partial charge < -0.3 is 14.1 Å². The predicted octanol–water partition coefficient (Wildman–Crippen LogP) is 4.24. The topological polar surface area (TPSA) is 45.9 Å². The lowest BCUT2D eigenvalue weighted by Gasteiger charge is -2.34. The standard InChI is InChI=1S/C24H28N2O3/c1-3-28-17-21-20-9-4-5-10-22(20)29-23(21)24(27)26-13-11-25(12-14-26)16-19-8-6-7-18(2)15-19/h4-10,15H,3,11-14,16-17H2,1-2H3. The van der Waals surface area contributed by atoms with Gasteiger partial charge in [-0.2, -0.15) is 0 Å². The molecule has 5 heteroatoms. The van der Waals surface area contributed by atoms with E-state index in [1.54, 1.807) is 0 Å². The fraction of sp³-hybridized carbons (Fsp3) is 0.375. The lowest BCUT2D eigenvalue weighted by Crippen LogP contribution is -2.48. The number of benzene rings is 2. The first-order chi connectivity index (χ1) is 14.2. The Bertz CT molecular complexity index is 987. The van der Waals surface area contributed by atoms with Gasteiger partial charge in [0, 0.05) is 50.3 Å². The summed E-state index contributed by atoms with van der Waals surface area (Å²) in [5, 5.41) is 0.961. The molecule has 0 radical (unpaired) electrons. The van der Waals surface area contributed by atoms with Gasteiger partial charge in [-0.1, -0.05) is 48.0 Å². The summed E-state index contributed by atoms with van der Waals surface area (Å²) >= 11 is 0. The number of nitrogens with zero attached hydrogens (tertiary/aromatic N) is 2. The van der Waals surface area contributed by atoms with E-state index in [1.807, 2.05) is 36.1 Å². The van der Waals surface area contributed by atoms with Crippen LogP contribution in [0.2, 0.25) is 0 Å². The molecule has 1 aromatic heterocycles. The number of rotatable bonds is 6. The molecule has 0 spiro atoms. The molecular formula is C24H28N2O3. The summed E-state index contributed by atoms with van der Waals surface area (Å²) in [7, 11) is 0. The molecule has 0 bridgehead atoms. The van der Waals surface area contributed by atoms with Gasteiger partial charge in [0.05, 0.1) is 6.61 Å². The predicted molar refractivity (Wildman–Crippen MR) is 114 cm³/mol. The Morgan fingerprint density at radius 2 is 1.86 bits per heavy atom. The van der Waals surface area contributed by atoms with E-state index < -0.39 is 0 Å². The van der Waals surface area contributed by atoms with E-state index in [0.717, 1.165) is 36.2 Å². The molecule has 1 saturated heterocycles. The highest BCUT2D eigenvalue weighted by Gasteiger charge is 2.28. The molecule has 1 aliphatic rings. The van der Waals surface area contributed by atoms with Crippen LogP contribution in [0, 0.1) is 6.92 Å². The number of amides is 1. The van der Waals surface area contributed by atoms with Gasteiger partial charge in [0.2, 0.25) is 0 Å². The minimum atomic E-state index is -0.0360. The van der Waals surface area contributed by atoms with Crippen molar-refractivity contribution in [3.8, 4) is 0 Å². The highest BCUT2D eigenvalue weighted by atomic mass is 16.5. The van der Waals surface area contributed by atoms with Crippen molar-refractivity contribution < 1.29 is 13.9 Å². The van der Waals surface area contributed by atoms with E-state index in [4.69, 9.17) is 9.15 Å². The van der Waals surface area contributed by atoms with E-state index in [1.165, 1.54) is 11.1 Å². The second-order valence-electron chi connectivity index (χ2n) is 7.60. The van der Waals surface area contributed by atoms with Gasteiger partial charge in [-0.05, 0) is 25.5 Å². The number of hydrogen-bond acceptors (Lipinski definition) is 4. The maximum Gasteiger partial charge on any atom is 0.290 e. The molecule has 0 atom stereocenters. The third-order valence-electron chi connectivity index (χ3n) is 5.49. The van der Waals surface area contributed by atoms with Gasteiger partial charge in [-0.3, -0.25) is 9.69 Å². The van der Waals surface area contributed by atoms with E-state index in [0.29, 0.717) is 32.1 Å². The van der Waals surface area contributed by atoms with Crippen LogP contribution in [0.5, 0.6) is 0 Å². The largest absolute Gasteiger partial charge is 0.451 e. The Kier molecular flexibility index (Phi) is 5.97. The van der Waals surface area contributed by atoms with E-state index in [2.05, 4.69) is 36.1 Å². The zero-order chi connectivity index (χ0) is 20.2. The highest BCUT2D eigenvalue weighted by molar-refractivity contribution is 5.99. The number of aryl methyl sites for hydroxylation is 1. The molecule has 0 unspecified atom stereocenters. The van der Waals surface area contributed by atoms with Crippen molar-refractivity contribution in [1.82, 2.24) is 9.80 Å². The van der Waals surface area contributed by atoms with E-state index >= 15 is 0 Å². The molecule has 0 aliphatic carbocycles. The zero-order valence-corrected chi connectivity index (χ0v) is 17.2. The number of furan rings is 1. The molecule has 5 nitrogen and oxygen atoms in total. The lowest BCUT2D eigenvalue weighted by molar-refractivity contribution is 0.0591. The van der Waals surface area contributed by atoms with Crippen LogP contribution in [-0.4, -0.2) is 48.5 Å². The Morgan fingerprint density at radius 3 is 2.62 bits per heavy atom. The fourth-order valence-electron chi connectivity index (χ4n) is 3.94. The average Bonchev–Trinajstić information content (AvgIpc) is 3.11. The van der Waals surface area contributed by atoms with E-state index in [9.17, 15) is 4.79 Å². The zero-order valence-electron chi connectivity index (χ0n) is 17.2. The number of ether oxygens (including phenoxy) is 1. The van der Waals surface area contributed by atoms with E-state index in [-0.39, 0.29) is 5.91 Å². The molecule has 1 amide bonds. The summed E-state index contributed by atoms with van der Waals surface area (Å²) in [6.45, 7) is 9.12. The van der Waals surface area contributed by atoms with Gasteiger partial charge in [-0.15, -0.1) is 0 Å². The third kappa shape index (κ3) is 4.36. The summed E-state index contributed by atoms with van der Waals surface area (Å²) in [4.78, 5) is 17.5. The van der Waals surface area contributed by atoms with Gasteiger partial charge in [0.15, 0.2) is 5.76 Å². The second kappa shape index (κ2) is 8.80. The van der Waals surface area contributed by atoms with Crippen molar-refractivity contribution in [2.24, 2.45) is 0 Å². The Morgan fingerprint density at radius 1 is 1.07 bits per heavy atom. The Balaban J connectivity index is 1.45. The SMILES string of the molecule is CCOCc1c(C(=O)N2CCN(Cc3cccc(C)c3)CC2)oc2ccccc12. The number of piperazine rings is 1. The summed E-state index contributed by atoms with van der Waals surface area (Å²) in [6.07, 6.45) is 0. The number of hydrogen-bond donors (Lipinski definition) is 0. The average molecular weight is 392 g/mol. The van der Waals surface area contributed by atoms with Gasteiger partial charge >= 0.3 is 0 Å². The number of para-hydroxylation sites is 1. The quantitative estimate of drug-likeness (QED) is 0.630. The van der Waals surface area contributed by atoms with Crippen LogP contribution < -0.4 is 0 Å². The normalized spacial score (nSPS) is 15.2. The van der Waals surface area contributed by atoms with Crippen LogP contribution in [-0.2, 0) is 17.9 Å². The third-order valence-corrected chi connectivity index (χ3v) is 5.49. The molecule has 4 rings (SSSR count). The first kappa shape index (κ1) is 19.7. The summed E-state index contributed by atoms with van der Waals surface area (Å²) < 4.78 is 11.6. The molecule has 2 aromatic carbocycles. The smallest absolute Gasteiger partial charge is 0.290 e. The van der Waals surface area contributed by atoms with Crippen molar-refractivity contribution in [1.29, 1.82) is 0 Å². The highest BCUT2D eigenvalue weighted by Crippen LogP contribution is 2.28.